The van der Waals surface area contributed by atoms with Crippen LogP contribution in [0.15, 0.2) is 18.2 Å². The standard InChI is InChI=1S/C14H22N2O2S/c1-11-12(6-5-9-14(11)15)10-16-19(17,18)13-7-3-2-4-8-13/h5-6,9,13,16H,2-4,7-8,10,15H2,1H3. The van der Waals surface area contributed by atoms with Crippen LogP contribution in [0.5, 0.6) is 0 Å². The predicted octanol–water partition coefficient (Wildman–Crippen LogP) is 2.33. The molecule has 19 heavy (non-hydrogen) atoms. The molecule has 4 nitrogen and oxygen atoms in total. The van der Waals surface area contributed by atoms with Gasteiger partial charge in [-0.25, -0.2) is 13.1 Å². The molecule has 0 spiro atoms. The summed E-state index contributed by atoms with van der Waals surface area (Å²) in [5.74, 6) is 0. The molecular formula is C14H22N2O2S. The zero-order valence-corrected chi connectivity index (χ0v) is 12.2. The summed E-state index contributed by atoms with van der Waals surface area (Å²) in [5, 5.41) is -0.220. The van der Waals surface area contributed by atoms with E-state index in [1.54, 1.807) is 0 Å². The fourth-order valence-electron chi connectivity index (χ4n) is 2.57. The molecule has 0 radical (unpaired) electrons. The van der Waals surface area contributed by atoms with Gasteiger partial charge in [0.15, 0.2) is 0 Å². The maximum absolute atomic E-state index is 12.2. The molecule has 3 N–H and O–H groups in total. The lowest BCUT2D eigenvalue weighted by Crippen LogP contribution is -2.35. The Morgan fingerprint density at radius 1 is 1.26 bits per heavy atom. The number of nitrogens with two attached hydrogens (primary N) is 1. The van der Waals surface area contributed by atoms with Crippen LogP contribution in [0.2, 0.25) is 0 Å². The molecule has 1 aliphatic rings. The molecule has 1 aromatic carbocycles. The number of nitrogens with one attached hydrogen (secondary N) is 1. The molecule has 0 aromatic heterocycles. The Morgan fingerprint density at radius 2 is 1.95 bits per heavy atom. The van der Waals surface area contributed by atoms with Gasteiger partial charge < -0.3 is 5.73 Å². The van der Waals surface area contributed by atoms with Crippen molar-refractivity contribution < 1.29 is 8.42 Å². The van der Waals surface area contributed by atoms with Gasteiger partial charge in [0.25, 0.3) is 0 Å². The first-order valence-corrected chi connectivity index (χ1v) is 8.38. The number of hydrogen-bond acceptors (Lipinski definition) is 3. The zero-order chi connectivity index (χ0) is 13.9. The largest absolute Gasteiger partial charge is 0.399 e. The minimum absolute atomic E-state index is 0.220. The Hall–Kier alpha value is -1.07. The van der Waals surface area contributed by atoms with Crippen molar-refractivity contribution in [3.63, 3.8) is 0 Å². The van der Waals surface area contributed by atoms with Crippen LogP contribution in [0, 0.1) is 6.92 Å². The summed E-state index contributed by atoms with van der Waals surface area (Å²) in [7, 11) is -3.20. The number of sulfonamides is 1. The summed E-state index contributed by atoms with van der Waals surface area (Å²) in [5.41, 5.74) is 8.43. The van der Waals surface area contributed by atoms with Crippen molar-refractivity contribution >= 4 is 15.7 Å². The van der Waals surface area contributed by atoms with Crippen molar-refractivity contribution in [3.8, 4) is 0 Å². The third-order valence-electron chi connectivity index (χ3n) is 3.94. The van der Waals surface area contributed by atoms with Crippen molar-refractivity contribution in [2.75, 3.05) is 5.73 Å². The molecule has 0 heterocycles. The number of anilines is 1. The van der Waals surface area contributed by atoms with E-state index < -0.39 is 10.0 Å². The van der Waals surface area contributed by atoms with Gasteiger partial charge in [0.1, 0.15) is 0 Å². The number of hydrogen-bond donors (Lipinski definition) is 2. The van der Waals surface area contributed by atoms with Gasteiger partial charge in [-0.1, -0.05) is 31.4 Å². The smallest absolute Gasteiger partial charge is 0.214 e. The van der Waals surface area contributed by atoms with Crippen molar-refractivity contribution in [3.05, 3.63) is 29.3 Å². The number of benzene rings is 1. The molecule has 2 rings (SSSR count). The van der Waals surface area contributed by atoms with Gasteiger partial charge >= 0.3 is 0 Å². The van der Waals surface area contributed by atoms with Crippen LogP contribution in [-0.4, -0.2) is 13.7 Å². The van der Waals surface area contributed by atoms with Gasteiger partial charge in [0.05, 0.1) is 5.25 Å². The summed E-state index contributed by atoms with van der Waals surface area (Å²) in [6, 6.07) is 5.59. The average molecular weight is 282 g/mol. The van der Waals surface area contributed by atoms with Gasteiger partial charge in [0, 0.05) is 12.2 Å². The summed E-state index contributed by atoms with van der Waals surface area (Å²) in [4.78, 5) is 0. The van der Waals surface area contributed by atoms with E-state index in [1.807, 2.05) is 25.1 Å². The molecule has 1 aromatic rings. The Labute approximate surface area is 115 Å². The molecular weight excluding hydrogens is 260 g/mol. The SMILES string of the molecule is Cc1c(N)cccc1CNS(=O)(=O)C1CCCCC1. The molecule has 0 aliphatic heterocycles. The number of nitrogen functional groups attached to an aromatic ring is 1. The lowest BCUT2D eigenvalue weighted by Gasteiger charge is -2.22. The summed E-state index contributed by atoms with van der Waals surface area (Å²) >= 11 is 0. The summed E-state index contributed by atoms with van der Waals surface area (Å²) in [6.45, 7) is 2.25. The quantitative estimate of drug-likeness (QED) is 0.833. The van der Waals surface area contributed by atoms with E-state index in [-0.39, 0.29) is 5.25 Å². The van der Waals surface area contributed by atoms with Crippen molar-refractivity contribution in [2.24, 2.45) is 0 Å². The number of rotatable bonds is 4. The lowest BCUT2D eigenvalue weighted by atomic mass is 10.0. The highest BCUT2D eigenvalue weighted by Crippen LogP contribution is 2.23. The van der Waals surface area contributed by atoms with Crippen LogP contribution in [0.4, 0.5) is 5.69 Å². The molecule has 1 fully saturated rings. The minimum atomic E-state index is -3.20. The maximum Gasteiger partial charge on any atom is 0.214 e. The molecule has 1 aliphatic carbocycles. The van der Waals surface area contributed by atoms with Gasteiger partial charge in [-0.15, -0.1) is 0 Å². The molecule has 0 bridgehead atoms. The lowest BCUT2D eigenvalue weighted by molar-refractivity contribution is 0.477. The second kappa shape index (κ2) is 5.92. The topological polar surface area (TPSA) is 72.2 Å². The fourth-order valence-corrected chi connectivity index (χ4v) is 4.11. The van der Waals surface area contributed by atoms with Gasteiger partial charge in [0.2, 0.25) is 10.0 Å². The zero-order valence-electron chi connectivity index (χ0n) is 11.4. The van der Waals surface area contributed by atoms with Crippen molar-refractivity contribution in [2.45, 2.75) is 50.8 Å². The van der Waals surface area contributed by atoms with Crippen LogP contribution in [0.3, 0.4) is 0 Å². The van der Waals surface area contributed by atoms with Gasteiger partial charge in [-0.2, -0.15) is 0 Å². The van der Waals surface area contributed by atoms with Gasteiger partial charge in [-0.05, 0) is 37.0 Å². The highest BCUT2D eigenvalue weighted by atomic mass is 32.2. The summed E-state index contributed by atoms with van der Waals surface area (Å²) < 4.78 is 27.2. The van der Waals surface area contributed by atoms with Crippen LogP contribution in [0.1, 0.15) is 43.2 Å². The maximum atomic E-state index is 12.2. The molecule has 106 valence electrons. The molecule has 0 unspecified atom stereocenters. The van der Waals surface area contributed by atoms with E-state index >= 15 is 0 Å². The van der Waals surface area contributed by atoms with Crippen LogP contribution < -0.4 is 10.5 Å². The van der Waals surface area contributed by atoms with E-state index in [1.165, 1.54) is 0 Å². The first-order chi connectivity index (χ1) is 9.00. The third kappa shape index (κ3) is 3.48. The molecule has 0 saturated heterocycles. The summed E-state index contributed by atoms with van der Waals surface area (Å²) in [6.07, 6.45) is 4.75. The second-order valence-electron chi connectivity index (χ2n) is 5.26. The predicted molar refractivity (Wildman–Crippen MR) is 78.2 cm³/mol. The van der Waals surface area contributed by atoms with E-state index in [0.29, 0.717) is 12.2 Å². The van der Waals surface area contributed by atoms with Crippen LogP contribution in [-0.2, 0) is 16.6 Å². The van der Waals surface area contributed by atoms with Crippen molar-refractivity contribution in [1.82, 2.24) is 4.72 Å². The Morgan fingerprint density at radius 3 is 2.63 bits per heavy atom. The Bertz CT molecular complexity index is 534. The van der Waals surface area contributed by atoms with Crippen LogP contribution in [0.25, 0.3) is 0 Å². The molecule has 0 amide bonds. The monoisotopic (exact) mass is 282 g/mol. The normalized spacial score (nSPS) is 17.5. The van der Waals surface area contributed by atoms with E-state index in [9.17, 15) is 8.42 Å². The second-order valence-corrected chi connectivity index (χ2v) is 7.30. The Balaban J connectivity index is 2.03. The molecule has 0 atom stereocenters. The fraction of sp³-hybridized carbons (Fsp3) is 0.571. The van der Waals surface area contributed by atoms with Gasteiger partial charge in [-0.3, -0.25) is 0 Å². The average Bonchev–Trinajstić information content (AvgIpc) is 2.41. The van der Waals surface area contributed by atoms with E-state index in [2.05, 4.69) is 4.72 Å². The molecule has 1 saturated carbocycles. The van der Waals surface area contributed by atoms with Crippen LogP contribution >= 0.6 is 0 Å². The Kier molecular flexibility index (Phi) is 4.47. The highest BCUT2D eigenvalue weighted by molar-refractivity contribution is 7.90. The highest BCUT2D eigenvalue weighted by Gasteiger charge is 2.26. The first-order valence-electron chi connectivity index (χ1n) is 6.83. The van der Waals surface area contributed by atoms with Crippen molar-refractivity contribution in [1.29, 1.82) is 0 Å². The third-order valence-corrected chi connectivity index (χ3v) is 5.84. The van der Waals surface area contributed by atoms with E-state index in [4.69, 9.17) is 5.73 Å². The molecule has 5 heteroatoms. The minimum Gasteiger partial charge on any atom is -0.399 e. The van der Waals surface area contributed by atoms with E-state index in [0.717, 1.165) is 43.2 Å². The first kappa shape index (κ1) is 14.3.